The Morgan fingerprint density at radius 2 is 1.76 bits per heavy atom. The molecule has 3 aromatic carbocycles. The summed E-state index contributed by atoms with van der Waals surface area (Å²) >= 11 is 6.26. The molecule has 0 fully saturated rings. The third-order valence-corrected chi connectivity index (χ3v) is 5.50. The quantitative estimate of drug-likeness (QED) is 0.416. The predicted molar refractivity (Wildman–Crippen MR) is 109 cm³/mol. The van der Waals surface area contributed by atoms with Gasteiger partial charge in [0.1, 0.15) is 5.82 Å². The van der Waals surface area contributed by atoms with Gasteiger partial charge in [0.05, 0.1) is 22.0 Å². The van der Waals surface area contributed by atoms with E-state index in [1.165, 1.54) is 10.7 Å². The second-order valence-electron chi connectivity index (χ2n) is 6.99. The number of aromatic nitrogens is 2. The molecule has 146 valence electrons. The Morgan fingerprint density at radius 3 is 2.55 bits per heavy atom. The summed E-state index contributed by atoms with van der Waals surface area (Å²) in [5, 5.41) is 10.3. The standard InChI is InChI=1S/C22H15ClF3N3/c23-18-8-7-16(22(24,25)26)12-19(18)29-21-17(9-10-27-21)20(28-29)15-6-5-13-3-1-2-4-14(13)11-15/h1-8,11-12,27H,9-10H2. The lowest BCUT2D eigenvalue weighted by molar-refractivity contribution is -0.137. The molecule has 0 aliphatic carbocycles. The van der Waals surface area contributed by atoms with Crippen LogP contribution in [0, 0.1) is 0 Å². The minimum Gasteiger partial charge on any atom is -0.369 e. The Kier molecular flexibility index (Phi) is 4.06. The topological polar surface area (TPSA) is 29.9 Å². The molecule has 1 aliphatic rings. The van der Waals surface area contributed by atoms with Crippen molar-refractivity contribution in [3.05, 3.63) is 76.8 Å². The molecule has 2 heterocycles. The molecule has 3 nitrogen and oxygen atoms in total. The van der Waals surface area contributed by atoms with Gasteiger partial charge in [-0.3, -0.25) is 0 Å². The van der Waals surface area contributed by atoms with Gasteiger partial charge in [-0.25, -0.2) is 4.68 Å². The number of benzene rings is 3. The fourth-order valence-electron chi connectivity index (χ4n) is 3.77. The van der Waals surface area contributed by atoms with Gasteiger partial charge in [-0.15, -0.1) is 0 Å². The van der Waals surface area contributed by atoms with Crippen molar-refractivity contribution in [3.63, 3.8) is 0 Å². The van der Waals surface area contributed by atoms with Crippen molar-refractivity contribution in [1.82, 2.24) is 9.78 Å². The smallest absolute Gasteiger partial charge is 0.369 e. The monoisotopic (exact) mass is 413 g/mol. The van der Waals surface area contributed by atoms with Gasteiger partial charge in [0, 0.05) is 17.7 Å². The SMILES string of the molecule is FC(F)(F)c1ccc(Cl)c(-n2nc(-c3ccc4ccccc4c3)c3c2NCC3)c1. The fourth-order valence-corrected chi connectivity index (χ4v) is 3.97. The van der Waals surface area contributed by atoms with Crippen molar-refractivity contribution in [3.8, 4) is 16.9 Å². The highest BCUT2D eigenvalue weighted by Gasteiger charge is 2.32. The molecule has 0 atom stereocenters. The second-order valence-corrected chi connectivity index (χ2v) is 7.40. The van der Waals surface area contributed by atoms with Crippen LogP contribution in [0.1, 0.15) is 11.1 Å². The molecular weight excluding hydrogens is 399 g/mol. The van der Waals surface area contributed by atoms with E-state index < -0.39 is 11.7 Å². The van der Waals surface area contributed by atoms with Gasteiger partial charge in [-0.1, -0.05) is 48.0 Å². The number of nitrogens with zero attached hydrogens (tertiary/aromatic N) is 2. The average molecular weight is 414 g/mol. The lowest BCUT2D eigenvalue weighted by Crippen LogP contribution is -2.09. The third kappa shape index (κ3) is 3.04. The summed E-state index contributed by atoms with van der Waals surface area (Å²) in [7, 11) is 0. The largest absolute Gasteiger partial charge is 0.416 e. The van der Waals surface area contributed by atoms with Crippen molar-refractivity contribution in [2.24, 2.45) is 0 Å². The maximum Gasteiger partial charge on any atom is 0.416 e. The van der Waals surface area contributed by atoms with E-state index in [-0.39, 0.29) is 10.7 Å². The van der Waals surface area contributed by atoms with Crippen LogP contribution >= 0.6 is 11.6 Å². The summed E-state index contributed by atoms with van der Waals surface area (Å²) in [6.45, 7) is 0.699. The van der Waals surface area contributed by atoms with Crippen LogP contribution in [0.4, 0.5) is 19.0 Å². The number of rotatable bonds is 2. The summed E-state index contributed by atoms with van der Waals surface area (Å²) in [4.78, 5) is 0. The number of alkyl halides is 3. The van der Waals surface area contributed by atoms with E-state index in [2.05, 4.69) is 10.4 Å². The Bertz CT molecular complexity index is 1240. The van der Waals surface area contributed by atoms with Crippen LogP contribution in [0.3, 0.4) is 0 Å². The van der Waals surface area contributed by atoms with Gasteiger partial charge in [0.15, 0.2) is 0 Å². The van der Waals surface area contributed by atoms with Gasteiger partial charge in [-0.05, 0) is 41.5 Å². The van der Waals surface area contributed by atoms with Crippen LogP contribution in [0.25, 0.3) is 27.7 Å². The molecule has 0 saturated carbocycles. The molecule has 0 spiro atoms. The summed E-state index contributed by atoms with van der Waals surface area (Å²) < 4.78 is 41.1. The molecule has 0 bridgehead atoms. The first kappa shape index (κ1) is 18.1. The Hall–Kier alpha value is -2.99. The molecule has 0 saturated heterocycles. The Labute approximate surface area is 169 Å². The molecule has 1 N–H and O–H groups in total. The Balaban J connectivity index is 1.69. The van der Waals surface area contributed by atoms with Crippen molar-refractivity contribution in [1.29, 1.82) is 0 Å². The molecule has 0 amide bonds. The molecule has 1 aromatic heterocycles. The zero-order valence-electron chi connectivity index (χ0n) is 15.1. The zero-order chi connectivity index (χ0) is 20.2. The van der Waals surface area contributed by atoms with E-state index in [9.17, 15) is 13.2 Å². The summed E-state index contributed by atoms with van der Waals surface area (Å²) in [6, 6.07) is 17.4. The molecule has 4 aromatic rings. The number of anilines is 1. The van der Waals surface area contributed by atoms with Gasteiger partial charge in [0.25, 0.3) is 0 Å². The summed E-state index contributed by atoms with van der Waals surface area (Å²) in [5.74, 6) is 0.689. The van der Waals surface area contributed by atoms with E-state index >= 15 is 0 Å². The van der Waals surface area contributed by atoms with Crippen molar-refractivity contribution in [2.75, 3.05) is 11.9 Å². The summed E-state index contributed by atoms with van der Waals surface area (Å²) in [5.41, 5.74) is 2.11. The molecule has 5 rings (SSSR count). The first-order chi connectivity index (χ1) is 13.9. The fraction of sp³-hybridized carbons (Fsp3) is 0.136. The van der Waals surface area contributed by atoms with Crippen molar-refractivity contribution in [2.45, 2.75) is 12.6 Å². The number of hydrogen-bond acceptors (Lipinski definition) is 2. The lowest BCUT2D eigenvalue weighted by atomic mass is 10.0. The highest BCUT2D eigenvalue weighted by Crippen LogP contribution is 2.39. The van der Waals surface area contributed by atoms with Crippen molar-refractivity contribution < 1.29 is 13.2 Å². The van der Waals surface area contributed by atoms with Crippen LogP contribution in [0.15, 0.2) is 60.7 Å². The number of fused-ring (bicyclic) bond motifs is 2. The maximum absolute atomic E-state index is 13.2. The van der Waals surface area contributed by atoms with Gasteiger partial charge < -0.3 is 5.32 Å². The minimum absolute atomic E-state index is 0.208. The highest BCUT2D eigenvalue weighted by molar-refractivity contribution is 6.32. The van der Waals surface area contributed by atoms with Crippen molar-refractivity contribution >= 4 is 28.2 Å². The maximum atomic E-state index is 13.2. The molecule has 0 unspecified atom stereocenters. The summed E-state index contributed by atoms with van der Waals surface area (Å²) in [6.07, 6.45) is -3.71. The first-order valence-electron chi connectivity index (χ1n) is 9.14. The van der Waals surface area contributed by atoms with Crippen LogP contribution in [-0.4, -0.2) is 16.3 Å². The highest BCUT2D eigenvalue weighted by atomic mass is 35.5. The van der Waals surface area contributed by atoms with Crippen LogP contribution < -0.4 is 5.32 Å². The van der Waals surface area contributed by atoms with Crippen LogP contribution in [0.5, 0.6) is 0 Å². The first-order valence-corrected chi connectivity index (χ1v) is 9.52. The van der Waals surface area contributed by atoms with E-state index in [0.29, 0.717) is 12.4 Å². The van der Waals surface area contributed by atoms with Gasteiger partial charge in [-0.2, -0.15) is 18.3 Å². The van der Waals surface area contributed by atoms with E-state index in [1.54, 1.807) is 0 Å². The average Bonchev–Trinajstić information content (AvgIpc) is 3.30. The lowest BCUT2D eigenvalue weighted by Gasteiger charge is -2.12. The second kappa shape index (κ2) is 6.52. The molecule has 7 heteroatoms. The normalized spacial score (nSPS) is 13.5. The predicted octanol–water partition coefficient (Wildman–Crippen LogP) is 6.33. The zero-order valence-corrected chi connectivity index (χ0v) is 15.8. The van der Waals surface area contributed by atoms with Gasteiger partial charge >= 0.3 is 6.18 Å². The molecule has 0 radical (unpaired) electrons. The molecular formula is C22H15ClF3N3. The number of halogens is 4. The van der Waals surface area contributed by atoms with Crippen LogP contribution in [-0.2, 0) is 12.6 Å². The van der Waals surface area contributed by atoms with E-state index in [1.807, 2.05) is 42.5 Å². The van der Waals surface area contributed by atoms with Gasteiger partial charge in [0.2, 0.25) is 0 Å². The van der Waals surface area contributed by atoms with E-state index in [0.717, 1.165) is 46.1 Å². The van der Waals surface area contributed by atoms with Crippen LogP contribution in [0.2, 0.25) is 5.02 Å². The minimum atomic E-state index is -4.45. The number of hydrogen-bond donors (Lipinski definition) is 1. The third-order valence-electron chi connectivity index (χ3n) is 5.18. The Morgan fingerprint density at radius 1 is 0.966 bits per heavy atom. The molecule has 1 aliphatic heterocycles. The number of nitrogens with one attached hydrogen (secondary N) is 1. The van der Waals surface area contributed by atoms with E-state index in [4.69, 9.17) is 11.6 Å². The molecule has 29 heavy (non-hydrogen) atoms.